The van der Waals surface area contributed by atoms with E-state index in [0.29, 0.717) is 23.4 Å². The molecule has 0 saturated heterocycles. The quantitative estimate of drug-likeness (QED) is 0.258. The first kappa shape index (κ1) is 28.0. The first-order valence-corrected chi connectivity index (χ1v) is 12.9. The highest BCUT2D eigenvalue weighted by Crippen LogP contribution is 2.20. The van der Waals surface area contributed by atoms with Gasteiger partial charge in [0.15, 0.2) is 0 Å². The molecule has 2 aromatic heterocycles. The monoisotopic (exact) mass is 547 g/mol. The van der Waals surface area contributed by atoms with Gasteiger partial charge in [-0.3, -0.25) is 4.79 Å². The van der Waals surface area contributed by atoms with E-state index in [1.54, 1.807) is 24.5 Å². The van der Waals surface area contributed by atoms with Crippen molar-refractivity contribution in [1.82, 2.24) is 19.9 Å². The van der Waals surface area contributed by atoms with Crippen molar-refractivity contribution >= 4 is 42.2 Å². The first-order chi connectivity index (χ1) is 18.5. The van der Waals surface area contributed by atoms with Gasteiger partial charge in [-0.05, 0) is 73.2 Å². The number of pyridine rings is 1. The van der Waals surface area contributed by atoms with Gasteiger partial charge < -0.3 is 25.0 Å². The van der Waals surface area contributed by atoms with Crippen molar-refractivity contribution in [2.45, 2.75) is 38.1 Å². The van der Waals surface area contributed by atoms with Gasteiger partial charge in [-0.15, -0.1) is 0 Å². The Morgan fingerprint density at radius 3 is 2.77 bits per heavy atom. The average Bonchev–Trinajstić information content (AvgIpc) is 3.31. The number of amides is 1. The highest BCUT2D eigenvalue weighted by atomic mass is 32.1. The largest absolute Gasteiger partial charge is 0.494 e. The summed E-state index contributed by atoms with van der Waals surface area (Å²) in [7, 11) is 1.87. The Bertz CT molecular complexity index is 1450. The van der Waals surface area contributed by atoms with E-state index in [2.05, 4.69) is 27.8 Å². The Kier molecular flexibility index (Phi) is 9.08. The molecule has 2 aromatic carbocycles. The van der Waals surface area contributed by atoms with E-state index < -0.39 is 17.9 Å². The number of ether oxygens (including phenoxy) is 1. The standard InChI is InChI=1S/C29H31N5O4.H2S/c1-34-18-31-24-17-21(9-13-26(24)34)28(35)33-25(29(36)37)16-19-6-11-23(12-7-19)38-15-3-5-22-10-8-20-4-2-14-30-27(20)32-22;/h6-13,17-18,25H,2-5,14-16H2,1H3,(H,30,32)(H,33,35)(H,36,37);1H2/t25-;/m0./s1. The van der Waals surface area contributed by atoms with Crippen LogP contribution in [-0.2, 0) is 31.1 Å². The number of carbonyl (C=O) groups excluding carboxylic acids is 1. The number of imidazole rings is 1. The minimum atomic E-state index is -1.09. The normalized spacial score (nSPS) is 13.1. The SMILES string of the molecule is Cn1cnc2cc(C(=O)N[C@@H](Cc3ccc(OCCCc4ccc5c(n4)NCCC5)cc3)C(=O)O)ccc21.S. The van der Waals surface area contributed by atoms with E-state index >= 15 is 0 Å². The number of nitrogens with zero attached hydrogens (tertiary/aromatic N) is 3. The maximum atomic E-state index is 12.7. The number of aryl methyl sites for hydroxylation is 3. The molecule has 1 aliphatic heterocycles. The summed E-state index contributed by atoms with van der Waals surface area (Å²) in [6.45, 7) is 1.53. The predicted molar refractivity (Wildman–Crippen MR) is 155 cm³/mol. The first-order valence-electron chi connectivity index (χ1n) is 12.9. The summed E-state index contributed by atoms with van der Waals surface area (Å²) in [6, 6.07) is 15.6. The molecule has 204 valence electrons. The molecule has 1 amide bonds. The number of hydrogen-bond donors (Lipinski definition) is 3. The van der Waals surface area contributed by atoms with Crippen LogP contribution in [-0.4, -0.2) is 50.7 Å². The van der Waals surface area contributed by atoms with Crippen molar-refractivity contribution < 1.29 is 19.4 Å². The van der Waals surface area contributed by atoms with Crippen LogP contribution in [0.1, 0.15) is 40.0 Å². The van der Waals surface area contributed by atoms with Crippen molar-refractivity contribution in [3.63, 3.8) is 0 Å². The van der Waals surface area contributed by atoms with Crippen LogP contribution in [0.15, 0.2) is 60.9 Å². The molecule has 3 heterocycles. The third-order valence-corrected chi connectivity index (χ3v) is 6.75. The van der Waals surface area contributed by atoms with Gasteiger partial charge in [-0.2, -0.15) is 13.5 Å². The molecule has 4 aromatic rings. The van der Waals surface area contributed by atoms with E-state index in [1.807, 2.05) is 35.9 Å². The van der Waals surface area contributed by atoms with Crippen molar-refractivity contribution in [2.75, 3.05) is 18.5 Å². The molecule has 5 rings (SSSR count). The minimum absolute atomic E-state index is 0. The van der Waals surface area contributed by atoms with Crippen molar-refractivity contribution in [1.29, 1.82) is 0 Å². The molecule has 9 nitrogen and oxygen atoms in total. The number of carbonyl (C=O) groups is 2. The highest BCUT2D eigenvalue weighted by molar-refractivity contribution is 7.59. The molecular weight excluding hydrogens is 514 g/mol. The zero-order valence-electron chi connectivity index (χ0n) is 21.8. The second-order valence-electron chi connectivity index (χ2n) is 9.56. The summed E-state index contributed by atoms with van der Waals surface area (Å²) in [5.41, 5.74) is 5.07. The zero-order chi connectivity index (χ0) is 26.5. The smallest absolute Gasteiger partial charge is 0.326 e. The molecule has 10 heteroatoms. The number of aromatic nitrogens is 3. The van der Waals surface area contributed by atoms with Gasteiger partial charge >= 0.3 is 5.97 Å². The van der Waals surface area contributed by atoms with Crippen LogP contribution in [0, 0.1) is 0 Å². The maximum absolute atomic E-state index is 12.7. The van der Waals surface area contributed by atoms with Crippen LogP contribution in [0.5, 0.6) is 5.75 Å². The Hall–Kier alpha value is -4.05. The lowest BCUT2D eigenvalue weighted by Gasteiger charge is -2.17. The summed E-state index contributed by atoms with van der Waals surface area (Å²) < 4.78 is 7.73. The zero-order valence-corrected chi connectivity index (χ0v) is 22.8. The molecule has 0 spiro atoms. The molecule has 3 N–H and O–H groups in total. The fourth-order valence-corrected chi connectivity index (χ4v) is 4.63. The van der Waals surface area contributed by atoms with Crippen LogP contribution in [0.25, 0.3) is 11.0 Å². The molecule has 0 fully saturated rings. The molecule has 39 heavy (non-hydrogen) atoms. The van der Waals surface area contributed by atoms with Gasteiger partial charge in [-0.1, -0.05) is 18.2 Å². The molecule has 0 aliphatic carbocycles. The second kappa shape index (κ2) is 12.7. The predicted octanol–water partition coefficient (Wildman–Crippen LogP) is 3.88. The molecule has 0 radical (unpaired) electrons. The number of hydrogen-bond acceptors (Lipinski definition) is 6. The van der Waals surface area contributed by atoms with Gasteiger partial charge in [0.25, 0.3) is 5.91 Å². The average molecular weight is 548 g/mol. The third kappa shape index (κ3) is 6.88. The van der Waals surface area contributed by atoms with E-state index in [-0.39, 0.29) is 19.9 Å². The lowest BCUT2D eigenvalue weighted by atomic mass is 10.0. The number of anilines is 1. The molecule has 0 saturated carbocycles. The number of rotatable bonds is 10. The fraction of sp³-hybridized carbons (Fsp3) is 0.310. The Balaban J connectivity index is 0.00000353. The number of aliphatic carboxylic acids is 1. The van der Waals surface area contributed by atoms with Crippen LogP contribution in [0.4, 0.5) is 5.82 Å². The summed E-state index contributed by atoms with van der Waals surface area (Å²) >= 11 is 0. The van der Waals surface area contributed by atoms with Crippen LogP contribution in [0.3, 0.4) is 0 Å². The minimum Gasteiger partial charge on any atom is -0.494 e. The molecule has 0 bridgehead atoms. The number of benzene rings is 2. The summed E-state index contributed by atoms with van der Waals surface area (Å²) in [5, 5.41) is 15.7. The lowest BCUT2D eigenvalue weighted by molar-refractivity contribution is -0.139. The third-order valence-electron chi connectivity index (χ3n) is 6.75. The van der Waals surface area contributed by atoms with Gasteiger partial charge in [0, 0.05) is 31.3 Å². The van der Waals surface area contributed by atoms with Gasteiger partial charge in [0.2, 0.25) is 0 Å². The van der Waals surface area contributed by atoms with Crippen LogP contribution >= 0.6 is 13.5 Å². The second-order valence-corrected chi connectivity index (χ2v) is 9.56. The lowest BCUT2D eigenvalue weighted by Crippen LogP contribution is -2.42. The summed E-state index contributed by atoms with van der Waals surface area (Å²) in [6.07, 6.45) is 5.73. The highest BCUT2D eigenvalue weighted by Gasteiger charge is 2.21. The van der Waals surface area contributed by atoms with E-state index in [1.165, 1.54) is 5.56 Å². The van der Waals surface area contributed by atoms with Crippen molar-refractivity contribution in [3.8, 4) is 5.75 Å². The summed E-state index contributed by atoms with van der Waals surface area (Å²) in [5.74, 6) is 0.182. The van der Waals surface area contributed by atoms with Gasteiger partial charge in [-0.25, -0.2) is 14.8 Å². The topological polar surface area (TPSA) is 118 Å². The van der Waals surface area contributed by atoms with Crippen LogP contribution in [0.2, 0.25) is 0 Å². The molecular formula is C29H33N5O4S. The number of nitrogens with one attached hydrogen (secondary N) is 2. The molecule has 0 unspecified atom stereocenters. The van der Waals surface area contributed by atoms with E-state index in [9.17, 15) is 14.7 Å². The van der Waals surface area contributed by atoms with Gasteiger partial charge in [0.05, 0.1) is 24.0 Å². The fourth-order valence-electron chi connectivity index (χ4n) is 4.63. The number of carboxylic acids is 1. The maximum Gasteiger partial charge on any atom is 0.326 e. The van der Waals surface area contributed by atoms with Crippen LogP contribution < -0.4 is 15.4 Å². The Morgan fingerprint density at radius 2 is 1.97 bits per heavy atom. The molecule has 1 atom stereocenters. The van der Waals surface area contributed by atoms with E-state index in [0.717, 1.165) is 54.8 Å². The summed E-state index contributed by atoms with van der Waals surface area (Å²) in [4.78, 5) is 33.6. The Labute approximate surface area is 234 Å². The van der Waals surface area contributed by atoms with Crippen molar-refractivity contribution in [3.05, 3.63) is 83.3 Å². The van der Waals surface area contributed by atoms with E-state index in [4.69, 9.17) is 9.72 Å². The van der Waals surface area contributed by atoms with Gasteiger partial charge in [0.1, 0.15) is 17.6 Å². The number of carboxylic acid groups (broad SMARTS) is 1. The van der Waals surface area contributed by atoms with Crippen molar-refractivity contribution in [2.24, 2.45) is 7.05 Å². The molecule has 1 aliphatic rings. The Morgan fingerprint density at radius 1 is 1.15 bits per heavy atom. The number of fused-ring (bicyclic) bond motifs is 2.